The van der Waals surface area contributed by atoms with Crippen molar-refractivity contribution >= 4 is 17.8 Å². The summed E-state index contributed by atoms with van der Waals surface area (Å²) in [5.41, 5.74) is 0.947. The van der Waals surface area contributed by atoms with Crippen LogP contribution < -0.4 is 16.0 Å². The van der Waals surface area contributed by atoms with Gasteiger partial charge in [0.25, 0.3) is 0 Å². The Hall–Kier alpha value is -3.07. The van der Waals surface area contributed by atoms with Gasteiger partial charge in [-0.3, -0.25) is 15.0 Å². The summed E-state index contributed by atoms with van der Waals surface area (Å²) in [7, 11) is 0. The molecule has 0 saturated carbocycles. The third-order valence-electron chi connectivity index (χ3n) is 6.02. The number of ether oxygens (including phenoxy) is 1. The van der Waals surface area contributed by atoms with E-state index in [1.165, 1.54) is 0 Å². The molecule has 1 aromatic rings. The minimum Gasteiger partial charge on any atom is -0.376 e. The number of rotatable bonds is 4. The summed E-state index contributed by atoms with van der Waals surface area (Å²) in [6.07, 6.45) is 8.44. The number of nitrogens with zero attached hydrogens (tertiary/aromatic N) is 3. The van der Waals surface area contributed by atoms with Crippen LogP contribution in [-0.2, 0) is 9.53 Å². The number of hydrogen-bond acceptors (Lipinski definition) is 6. The third-order valence-corrected chi connectivity index (χ3v) is 6.02. The van der Waals surface area contributed by atoms with Crippen molar-refractivity contribution in [3.05, 3.63) is 48.1 Å². The Kier molecular flexibility index (Phi) is 5.04. The largest absolute Gasteiger partial charge is 0.376 e. The molecule has 4 aliphatic rings. The number of nitrogens with one attached hydrogen (secondary N) is 3. The number of carbonyl (C=O) groups is 2. The molecule has 5 rings (SSSR count). The third kappa shape index (κ3) is 3.60. The highest BCUT2D eigenvalue weighted by atomic mass is 16.5. The van der Waals surface area contributed by atoms with Gasteiger partial charge in [-0.15, -0.1) is 0 Å². The van der Waals surface area contributed by atoms with Crippen molar-refractivity contribution in [2.75, 3.05) is 31.6 Å². The highest BCUT2D eigenvalue weighted by molar-refractivity contribution is 5.91. The molecule has 1 unspecified atom stereocenters. The number of hydrogen-bond donors (Lipinski definition) is 3. The lowest BCUT2D eigenvalue weighted by molar-refractivity contribution is -0.122. The van der Waals surface area contributed by atoms with Gasteiger partial charge in [-0.05, 0) is 37.5 Å². The van der Waals surface area contributed by atoms with E-state index in [0.29, 0.717) is 18.2 Å². The molecule has 3 amide bonds. The summed E-state index contributed by atoms with van der Waals surface area (Å²) in [4.78, 5) is 34.1. The molecule has 0 spiro atoms. The van der Waals surface area contributed by atoms with Crippen LogP contribution in [0.5, 0.6) is 0 Å². The molecule has 2 bridgehead atoms. The van der Waals surface area contributed by atoms with Gasteiger partial charge in [-0.25, -0.2) is 9.78 Å². The number of pyridine rings is 1. The Labute approximate surface area is 175 Å². The molecule has 3 N–H and O–H groups in total. The van der Waals surface area contributed by atoms with E-state index >= 15 is 0 Å². The maximum Gasteiger partial charge on any atom is 0.328 e. The molecule has 4 aliphatic heterocycles. The molecule has 0 aliphatic carbocycles. The first-order valence-electron chi connectivity index (χ1n) is 10.5. The summed E-state index contributed by atoms with van der Waals surface area (Å²) >= 11 is 0. The van der Waals surface area contributed by atoms with Crippen LogP contribution in [0.2, 0.25) is 0 Å². The van der Waals surface area contributed by atoms with Crippen LogP contribution in [0.25, 0.3) is 0 Å². The van der Waals surface area contributed by atoms with Crippen molar-refractivity contribution in [3.63, 3.8) is 0 Å². The summed E-state index contributed by atoms with van der Waals surface area (Å²) in [6.45, 7) is 2.94. The zero-order chi connectivity index (χ0) is 20.5. The average Bonchev–Trinajstić information content (AvgIpc) is 3.43. The molecule has 30 heavy (non-hydrogen) atoms. The Morgan fingerprint density at radius 3 is 3.03 bits per heavy atom. The molecule has 2 fully saturated rings. The Morgan fingerprint density at radius 1 is 1.30 bits per heavy atom. The van der Waals surface area contributed by atoms with Crippen LogP contribution in [0.4, 0.5) is 10.6 Å². The van der Waals surface area contributed by atoms with E-state index in [-0.39, 0.29) is 24.1 Å². The number of carbonyl (C=O) groups excluding carboxylic acids is 2. The summed E-state index contributed by atoms with van der Waals surface area (Å²) in [5.74, 6) is 1.06. The number of dihydropyridines is 1. The van der Waals surface area contributed by atoms with Crippen LogP contribution in [0.15, 0.2) is 48.1 Å². The first kappa shape index (κ1) is 18.9. The van der Waals surface area contributed by atoms with E-state index in [9.17, 15) is 9.59 Å². The lowest BCUT2D eigenvalue weighted by Crippen LogP contribution is -2.56. The van der Waals surface area contributed by atoms with E-state index in [0.717, 1.165) is 44.7 Å². The van der Waals surface area contributed by atoms with Gasteiger partial charge in [0.2, 0.25) is 5.91 Å². The van der Waals surface area contributed by atoms with E-state index < -0.39 is 6.04 Å². The Bertz CT molecular complexity index is 880. The number of fused-ring (bicyclic) bond motifs is 3. The van der Waals surface area contributed by atoms with Gasteiger partial charge >= 0.3 is 6.03 Å². The van der Waals surface area contributed by atoms with Crippen molar-refractivity contribution in [1.82, 2.24) is 25.4 Å². The second-order valence-corrected chi connectivity index (χ2v) is 8.00. The molecular formula is C21H26N6O3. The predicted octanol–water partition coefficient (Wildman–Crippen LogP) is 0.996. The molecular weight excluding hydrogens is 384 g/mol. The molecule has 0 aromatic carbocycles. The smallest absolute Gasteiger partial charge is 0.328 e. The molecule has 5 heterocycles. The van der Waals surface area contributed by atoms with Crippen LogP contribution >= 0.6 is 0 Å². The van der Waals surface area contributed by atoms with Gasteiger partial charge in [-0.2, -0.15) is 0 Å². The number of allylic oxidation sites excluding steroid dienone is 1. The zero-order valence-electron chi connectivity index (χ0n) is 16.7. The summed E-state index contributed by atoms with van der Waals surface area (Å²) in [6, 6.07) is 4.68. The minimum atomic E-state index is -0.533. The number of urea groups is 1. The van der Waals surface area contributed by atoms with E-state index in [1.807, 2.05) is 18.2 Å². The van der Waals surface area contributed by atoms with E-state index in [1.54, 1.807) is 23.2 Å². The van der Waals surface area contributed by atoms with Crippen molar-refractivity contribution < 1.29 is 14.3 Å². The normalized spacial score (nSPS) is 27.0. The molecule has 1 aromatic heterocycles. The lowest BCUT2D eigenvalue weighted by atomic mass is 10.1. The van der Waals surface area contributed by atoms with Crippen molar-refractivity contribution in [1.29, 1.82) is 0 Å². The number of aromatic nitrogens is 1. The fourth-order valence-electron chi connectivity index (χ4n) is 4.49. The fourth-order valence-corrected chi connectivity index (χ4v) is 4.49. The zero-order valence-corrected chi connectivity index (χ0v) is 16.7. The predicted molar refractivity (Wildman–Crippen MR) is 110 cm³/mol. The van der Waals surface area contributed by atoms with Crippen LogP contribution in [0, 0.1) is 0 Å². The monoisotopic (exact) mass is 410 g/mol. The number of amides is 3. The topological polar surface area (TPSA) is 98.8 Å². The second-order valence-electron chi connectivity index (χ2n) is 8.00. The van der Waals surface area contributed by atoms with Gasteiger partial charge in [0.15, 0.2) is 0 Å². The van der Waals surface area contributed by atoms with Gasteiger partial charge in [-0.1, -0.05) is 12.1 Å². The Morgan fingerprint density at radius 2 is 2.23 bits per heavy atom. The van der Waals surface area contributed by atoms with Gasteiger partial charge in [0, 0.05) is 32.4 Å². The molecule has 9 heteroatoms. The summed E-state index contributed by atoms with van der Waals surface area (Å²) in [5, 5.41) is 9.14. The molecule has 2 saturated heterocycles. The van der Waals surface area contributed by atoms with Gasteiger partial charge in [0.1, 0.15) is 17.7 Å². The Balaban J connectivity index is 1.31. The van der Waals surface area contributed by atoms with Gasteiger partial charge in [0.05, 0.1) is 17.8 Å². The summed E-state index contributed by atoms with van der Waals surface area (Å²) < 4.78 is 5.58. The van der Waals surface area contributed by atoms with Crippen molar-refractivity contribution in [2.24, 2.45) is 0 Å². The fraction of sp³-hybridized carbons (Fsp3) is 0.476. The maximum atomic E-state index is 13.1. The van der Waals surface area contributed by atoms with E-state index in [4.69, 9.17) is 4.74 Å². The minimum absolute atomic E-state index is 0.0575. The SMILES string of the molecule is O=C(NC[C@H]1CCCO1)C1C=CC2=C(N1)N(C(=O)Nc1ccccn1)[C@H]1CCN2C1. The highest BCUT2D eigenvalue weighted by Gasteiger charge is 2.42. The van der Waals surface area contributed by atoms with Crippen molar-refractivity contribution in [3.8, 4) is 0 Å². The lowest BCUT2D eigenvalue weighted by Gasteiger charge is -2.40. The first-order chi connectivity index (χ1) is 14.7. The van der Waals surface area contributed by atoms with Crippen molar-refractivity contribution in [2.45, 2.75) is 37.5 Å². The molecule has 0 radical (unpaired) electrons. The number of anilines is 1. The van der Waals surface area contributed by atoms with Crippen LogP contribution in [0.1, 0.15) is 19.3 Å². The average molecular weight is 410 g/mol. The standard InChI is InChI=1S/C21H26N6O3/c28-20(23-12-15-4-3-11-30-15)16-6-7-17-19(24-16)27(14-8-10-26(17)13-14)21(29)25-18-5-1-2-9-22-18/h1-2,5-7,9,14-16,24H,3-4,8,10-13H2,(H,23,28)(H,22,25,29)/t14-,15+,16?/m0/s1. The quantitative estimate of drug-likeness (QED) is 0.685. The molecule has 9 nitrogen and oxygen atoms in total. The highest BCUT2D eigenvalue weighted by Crippen LogP contribution is 2.33. The molecule has 3 atom stereocenters. The molecule has 158 valence electrons. The van der Waals surface area contributed by atoms with Crippen LogP contribution in [0.3, 0.4) is 0 Å². The van der Waals surface area contributed by atoms with Gasteiger partial charge < -0.3 is 20.3 Å². The van der Waals surface area contributed by atoms with Crippen LogP contribution in [-0.4, -0.2) is 71.2 Å². The second kappa shape index (κ2) is 7.98. The first-order valence-corrected chi connectivity index (χ1v) is 10.5. The van der Waals surface area contributed by atoms with E-state index in [2.05, 4.69) is 25.8 Å². The maximum absolute atomic E-state index is 13.1.